The predicted molar refractivity (Wildman–Crippen MR) is 109 cm³/mol. The zero-order chi connectivity index (χ0) is 22.8. The van der Waals surface area contributed by atoms with Gasteiger partial charge in [0, 0.05) is 73.3 Å². The number of thiocyanates is 2. The first-order valence-corrected chi connectivity index (χ1v) is 8.91. The minimum Gasteiger partial charge on any atom is -0.477 e. The van der Waals surface area contributed by atoms with Gasteiger partial charge in [-0.2, -0.15) is 10.5 Å². The van der Waals surface area contributed by atoms with Gasteiger partial charge in [0.15, 0.2) is 0 Å². The zero-order valence-electron chi connectivity index (χ0n) is 15.4. The third-order valence-electron chi connectivity index (χ3n) is 3.12. The van der Waals surface area contributed by atoms with Crippen LogP contribution in [0.2, 0.25) is 0 Å². The van der Waals surface area contributed by atoms with Crippen LogP contribution in [0.3, 0.4) is 0 Å². The van der Waals surface area contributed by atoms with Crippen LogP contribution in [0.25, 0.3) is 0 Å². The van der Waals surface area contributed by atoms with E-state index in [9.17, 15) is 29.8 Å². The smallest absolute Gasteiger partial charge is 0.342 e. The van der Waals surface area contributed by atoms with E-state index in [4.69, 9.17) is 20.7 Å². The molecule has 0 aromatic heterocycles. The van der Waals surface area contributed by atoms with Crippen LogP contribution >= 0.6 is 23.5 Å². The number of rotatable bonds is 6. The number of nitro groups is 2. The Bertz CT molecular complexity index is 1030. The van der Waals surface area contributed by atoms with Gasteiger partial charge in [-0.05, 0) is 47.8 Å². The summed E-state index contributed by atoms with van der Waals surface area (Å²) in [7, 11) is 0. The summed E-state index contributed by atoms with van der Waals surface area (Å²) in [6.07, 6.45) is 0. The molecule has 0 aliphatic rings. The molecule has 0 saturated heterocycles. The fourth-order valence-corrected chi connectivity index (χ4v) is 2.76. The third kappa shape index (κ3) is 8.64. The molecule has 0 spiro atoms. The molecule has 2 N–H and O–H groups in total. The Morgan fingerprint density at radius 3 is 1.35 bits per heavy atom. The van der Waals surface area contributed by atoms with Crippen molar-refractivity contribution in [2.75, 3.05) is 0 Å². The maximum absolute atomic E-state index is 10.7. The van der Waals surface area contributed by atoms with Crippen LogP contribution in [-0.4, -0.2) is 83.4 Å². The van der Waals surface area contributed by atoms with Crippen molar-refractivity contribution < 1.29 is 29.6 Å². The van der Waals surface area contributed by atoms with Gasteiger partial charge in [-0.1, -0.05) is 0 Å². The fourth-order valence-electron chi connectivity index (χ4n) is 1.92. The molecule has 1 radical (unpaired) electrons. The minimum absolute atomic E-state index is 0. The summed E-state index contributed by atoms with van der Waals surface area (Å²) in [5, 5.41) is 58.6. The molecule has 15 heteroatoms. The van der Waals surface area contributed by atoms with Crippen molar-refractivity contribution in [3.63, 3.8) is 0 Å². The predicted octanol–water partition coefficient (Wildman–Crippen LogP) is 3.35. The Morgan fingerprint density at radius 2 is 1.13 bits per heavy atom. The Balaban J connectivity index is 0.000000562. The average molecular weight is 487 g/mol. The van der Waals surface area contributed by atoms with E-state index in [1.807, 2.05) is 0 Å². The number of hydrogen-bond acceptors (Lipinski definition) is 10. The molecule has 0 unspecified atom stereocenters. The van der Waals surface area contributed by atoms with Crippen LogP contribution < -0.4 is 0 Å². The zero-order valence-corrected chi connectivity index (χ0v) is 20.2. The van der Waals surface area contributed by atoms with Gasteiger partial charge in [0.25, 0.3) is 11.4 Å². The molecule has 2 rings (SSSR count). The van der Waals surface area contributed by atoms with Crippen molar-refractivity contribution in [3.8, 4) is 10.8 Å². The number of hydrogen-bond donors (Lipinski definition) is 2. The summed E-state index contributed by atoms with van der Waals surface area (Å²) < 4.78 is 0. The number of thioether (sulfide) groups is 2. The molecule has 2 aromatic carbocycles. The number of benzene rings is 2. The molecule has 12 nitrogen and oxygen atoms in total. The quantitative estimate of drug-likeness (QED) is 0.197. The van der Waals surface area contributed by atoms with Crippen LogP contribution in [0, 0.1) is 41.6 Å². The summed E-state index contributed by atoms with van der Waals surface area (Å²) in [4.78, 5) is 41.5. The first-order valence-electron chi connectivity index (χ1n) is 7.27. The molecule has 153 valence electrons. The van der Waals surface area contributed by atoms with Crippen molar-refractivity contribution in [1.29, 1.82) is 10.5 Å². The van der Waals surface area contributed by atoms with Crippen molar-refractivity contribution in [1.82, 2.24) is 0 Å². The van der Waals surface area contributed by atoms with Crippen LogP contribution in [0.4, 0.5) is 11.4 Å². The molecular formula is C16H8KN4O8S2. The third-order valence-corrected chi connectivity index (χ3v) is 4.28. The molecule has 0 saturated carbocycles. The SMILES string of the molecule is N#CSc1ccc([N+](=O)[O-])c(C(=O)O)c1.N#CSc1ccc([N+](=O)[O-])c(C(=O)O)c1.[K]. The Morgan fingerprint density at radius 1 is 0.806 bits per heavy atom. The number of carbonyl (C=O) groups is 2. The Labute approximate surface area is 224 Å². The standard InChI is InChI=1S/2C8H4N2O4S.K/c2*9-4-15-5-1-2-7(10(13)14)6(3-5)8(11)12;/h2*1-3H,(H,11,12);. The summed E-state index contributed by atoms with van der Waals surface area (Å²) in [6.45, 7) is 0. The second kappa shape index (κ2) is 13.7. The molecule has 31 heavy (non-hydrogen) atoms. The van der Waals surface area contributed by atoms with Gasteiger partial charge in [0.05, 0.1) is 9.85 Å². The number of carboxylic acids is 2. The van der Waals surface area contributed by atoms with Crippen LogP contribution in [-0.2, 0) is 0 Å². The van der Waals surface area contributed by atoms with Gasteiger partial charge >= 0.3 is 11.9 Å². The molecule has 0 aliphatic carbocycles. The summed E-state index contributed by atoms with van der Waals surface area (Å²) in [5.74, 6) is -2.77. The van der Waals surface area contributed by atoms with E-state index < -0.39 is 44.3 Å². The number of nitriles is 2. The molecular weight excluding hydrogens is 479 g/mol. The van der Waals surface area contributed by atoms with E-state index in [0.717, 1.165) is 47.8 Å². The Kier molecular flexibility index (Phi) is 12.6. The molecule has 0 aliphatic heterocycles. The van der Waals surface area contributed by atoms with Crippen LogP contribution in [0.5, 0.6) is 0 Å². The number of carboxylic acid groups (broad SMARTS) is 2. The van der Waals surface area contributed by atoms with E-state index in [1.54, 1.807) is 10.8 Å². The fraction of sp³-hybridized carbons (Fsp3) is 0. The number of nitrogens with zero attached hydrogens (tertiary/aromatic N) is 4. The van der Waals surface area contributed by atoms with Crippen LogP contribution in [0.1, 0.15) is 20.7 Å². The molecule has 0 atom stereocenters. The average Bonchev–Trinajstić information content (AvgIpc) is 2.68. The van der Waals surface area contributed by atoms with Gasteiger partial charge in [-0.15, -0.1) is 0 Å². The van der Waals surface area contributed by atoms with Crippen LogP contribution in [0.15, 0.2) is 46.2 Å². The Hall–Kier alpha value is -2.50. The van der Waals surface area contributed by atoms with Gasteiger partial charge in [-0.25, -0.2) is 9.59 Å². The maximum atomic E-state index is 10.7. The normalized spacial score (nSPS) is 8.97. The van der Waals surface area contributed by atoms with E-state index in [0.29, 0.717) is 9.79 Å². The van der Waals surface area contributed by atoms with Gasteiger partial charge in [0.2, 0.25) is 0 Å². The maximum Gasteiger partial charge on any atom is 0.342 e. The van der Waals surface area contributed by atoms with E-state index in [2.05, 4.69) is 0 Å². The first-order chi connectivity index (χ1) is 14.1. The van der Waals surface area contributed by atoms with Gasteiger partial charge < -0.3 is 10.2 Å². The van der Waals surface area contributed by atoms with Gasteiger partial charge in [0.1, 0.15) is 21.9 Å². The number of aromatic carboxylic acids is 2. The summed E-state index contributed by atoms with van der Waals surface area (Å²) >= 11 is 1.49. The molecule has 0 fully saturated rings. The van der Waals surface area contributed by atoms with Crippen molar-refractivity contribution in [2.24, 2.45) is 0 Å². The van der Waals surface area contributed by atoms with E-state index in [1.165, 1.54) is 12.1 Å². The first kappa shape index (κ1) is 28.5. The van der Waals surface area contributed by atoms with Gasteiger partial charge in [-0.3, -0.25) is 20.2 Å². The molecule has 2 aromatic rings. The summed E-state index contributed by atoms with van der Waals surface area (Å²) in [5.41, 5.74) is -1.80. The topological polar surface area (TPSA) is 208 Å². The van der Waals surface area contributed by atoms with Crippen molar-refractivity contribution >= 4 is 98.2 Å². The molecule has 0 heterocycles. The second-order valence-electron chi connectivity index (χ2n) is 4.87. The number of nitro benzene ring substituents is 2. The molecule has 0 amide bonds. The second-order valence-corrected chi connectivity index (χ2v) is 6.59. The van der Waals surface area contributed by atoms with E-state index in [-0.39, 0.29) is 51.4 Å². The summed E-state index contributed by atoms with van der Waals surface area (Å²) in [6, 6.07) is 7.02. The van der Waals surface area contributed by atoms with Crippen molar-refractivity contribution in [3.05, 3.63) is 67.8 Å². The monoisotopic (exact) mass is 487 g/mol. The van der Waals surface area contributed by atoms with Crippen molar-refractivity contribution in [2.45, 2.75) is 9.79 Å². The largest absolute Gasteiger partial charge is 0.477 e. The van der Waals surface area contributed by atoms with E-state index >= 15 is 0 Å². The molecule has 0 bridgehead atoms. The minimum atomic E-state index is -1.39.